The monoisotopic (exact) mass is 425 g/mol. The summed E-state index contributed by atoms with van der Waals surface area (Å²) in [6.07, 6.45) is 0.519. The molecule has 2 aliphatic heterocycles. The first-order valence-corrected chi connectivity index (χ1v) is 11.4. The van der Waals surface area contributed by atoms with Gasteiger partial charge in [-0.05, 0) is 35.6 Å². The normalized spacial score (nSPS) is 22.0. The Morgan fingerprint density at radius 3 is 2.48 bits per heavy atom. The predicted octanol–water partition coefficient (Wildman–Crippen LogP) is 4.83. The van der Waals surface area contributed by atoms with Gasteiger partial charge in [0.25, 0.3) is 0 Å². The first kappa shape index (κ1) is 18.6. The summed E-state index contributed by atoms with van der Waals surface area (Å²) in [4.78, 5) is 28.1. The summed E-state index contributed by atoms with van der Waals surface area (Å²) in [5.74, 6) is 1.55. The highest BCUT2D eigenvalue weighted by molar-refractivity contribution is 8.18. The van der Waals surface area contributed by atoms with Crippen LogP contribution in [0, 0.1) is 0 Å². The number of thioether (sulfide) groups is 2. The number of ketones is 1. The van der Waals surface area contributed by atoms with Gasteiger partial charge in [-0.3, -0.25) is 9.69 Å². The summed E-state index contributed by atoms with van der Waals surface area (Å²) in [7, 11) is 1.34. The van der Waals surface area contributed by atoms with Crippen LogP contribution in [-0.2, 0) is 8.82 Å². The Morgan fingerprint density at radius 2 is 1.76 bits per heavy atom. The number of aliphatic hydroxyl groups excluding tert-OH is 1. The molecule has 5 rings (SSSR count). The van der Waals surface area contributed by atoms with Crippen molar-refractivity contribution in [1.82, 2.24) is 0 Å². The molecule has 2 aromatic carbocycles. The summed E-state index contributed by atoms with van der Waals surface area (Å²) < 4.78 is 4.55. The molecule has 0 radical (unpaired) electrons. The van der Waals surface area contributed by atoms with E-state index in [0.29, 0.717) is 16.8 Å². The summed E-state index contributed by atoms with van der Waals surface area (Å²) in [6, 6.07) is 14.0. The number of hydrogen-bond acceptors (Lipinski definition) is 6. The zero-order valence-electron chi connectivity index (χ0n) is 15.8. The van der Waals surface area contributed by atoms with E-state index in [-0.39, 0.29) is 17.1 Å². The second kappa shape index (κ2) is 6.85. The molecule has 1 atom stereocenters. The van der Waals surface area contributed by atoms with Crippen LogP contribution in [0.15, 0.2) is 54.1 Å². The fourth-order valence-electron chi connectivity index (χ4n) is 4.46. The number of fused-ring (bicyclic) bond motifs is 5. The fraction of sp³-hybridized carbons (Fsp3) is 0.273. The standard InChI is InChI=1S/C22H19NO4S2/c1-27-21(26)23-16-10-5-3-8-14(16)19(25)17-18(24)13-7-2-4-9-15(13)22(20(17)23)28-11-6-12-29-22/h2-5,7-10,20,25H,6,11-12H2,1H3. The molecule has 3 aliphatic rings. The molecule has 1 saturated heterocycles. The molecule has 148 valence electrons. The molecule has 2 heterocycles. The van der Waals surface area contributed by atoms with Crippen molar-refractivity contribution in [2.24, 2.45) is 0 Å². The third-order valence-electron chi connectivity index (χ3n) is 5.65. The Labute approximate surface area is 177 Å². The zero-order valence-corrected chi connectivity index (χ0v) is 17.4. The zero-order chi connectivity index (χ0) is 20.2. The molecule has 5 nitrogen and oxygen atoms in total. The van der Waals surface area contributed by atoms with Crippen LogP contribution >= 0.6 is 23.5 Å². The number of carbonyl (C=O) groups excluding carboxylic acids is 2. The summed E-state index contributed by atoms with van der Waals surface area (Å²) in [5, 5.41) is 11.2. The van der Waals surface area contributed by atoms with Gasteiger partial charge in [-0.2, -0.15) is 0 Å². The number of aliphatic hydroxyl groups is 1. The van der Waals surface area contributed by atoms with Crippen molar-refractivity contribution in [3.8, 4) is 0 Å². The highest BCUT2D eigenvalue weighted by Gasteiger charge is 2.58. The largest absolute Gasteiger partial charge is 0.507 e. The number of carbonyl (C=O) groups is 2. The number of ether oxygens (including phenoxy) is 1. The van der Waals surface area contributed by atoms with Gasteiger partial charge in [0.05, 0.1) is 18.4 Å². The molecule has 1 N–H and O–H groups in total. The van der Waals surface area contributed by atoms with Crippen molar-refractivity contribution in [3.05, 3.63) is 70.8 Å². The van der Waals surface area contributed by atoms with E-state index in [2.05, 4.69) is 0 Å². The lowest BCUT2D eigenvalue weighted by molar-refractivity contribution is 0.101. The number of benzene rings is 2. The lowest BCUT2D eigenvalue weighted by Crippen LogP contribution is -2.58. The minimum Gasteiger partial charge on any atom is -0.507 e. The number of methoxy groups -OCH3 is 1. The van der Waals surface area contributed by atoms with E-state index < -0.39 is 16.2 Å². The molecular formula is C22H19NO4S2. The van der Waals surface area contributed by atoms with Crippen molar-refractivity contribution in [2.75, 3.05) is 23.5 Å². The number of rotatable bonds is 0. The molecule has 1 fully saturated rings. The van der Waals surface area contributed by atoms with Crippen LogP contribution in [0.25, 0.3) is 5.76 Å². The molecule has 7 heteroatoms. The maximum atomic E-state index is 13.5. The number of nitrogens with zero attached hydrogens (tertiary/aromatic N) is 1. The molecule has 1 unspecified atom stereocenters. The molecule has 1 amide bonds. The molecule has 29 heavy (non-hydrogen) atoms. The predicted molar refractivity (Wildman–Crippen MR) is 117 cm³/mol. The Bertz CT molecular complexity index is 1060. The summed E-state index contributed by atoms with van der Waals surface area (Å²) >= 11 is 3.48. The number of Topliss-reactive ketones (excluding diaryl/α,β-unsaturated/α-hetero) is 1. The molecule has 0 aromatic heterocycles. The maximum absolute atomic E-state index is 13.5. The number of hydrogen-bond donors (Lipinski definition) is 1. The van der Waals surface area contributed by atoms with Crippen LogP contribution in [0.1, 0.15) is 27.9 Å². The summed E-state index contributed by atoms with van der Waals surface area (Å²) in [6.45, 7) is 0. The van der Waals surface area contributed by atoms with Crippen molar-refractivity contribution in [1.29, 1.82) is 0 Å². The lowest BCUT2D eigenvalue weighted by Gasteiger charge is -2.52. The second-order valence-corrected chi connectivity index (χ2v) is 10.1. The Morgan fingerprint density at radius 1 is 1.10 bits per heavy atom. The first-order chi connectivity index (χ1) is 14.1. The van der Waals surface area contributed by atoms with Gasteiger partial charge in [0, 0.05) is 11.1 Å². The van der Waals surface area contributed by atoms with E-state index in [9.17, 15) is 14.7 Å². The SMILES string of the molecule is COC(=O)N1c2ccccc2C(O)=C2C(=O)c3ccccc3C3(SCCCS3)C21. The van der Waals surface area contributed by atoms with Crippen LogP contribution in [-0.4, -0.2) is 41.6 Å². The van der Waals surface area contributed by atoms with Crippen molar-refractivity contribution in [3.63, 3.8) is 0 Å². The van der Waals surface area contributed by atoms with Gasteiger partial charge < -0.3 is 9.84 Å². The molecule has 1 spiro atoms. The third kappa shape index (κ3) is 2.50. The quantitative estimate of drug-likeness (QED) is 0.652. The van der Waals surface area contributed by atoms with Gasteiger partial charge in [-0.1, -0.05) is 36.4 Å². The fourth-order valence-corrected chi connectivity index (χ4v) is 8.09. The van der Waals surface area contributed by atoms with E-state index in [4.69, 9.17) is 4.74 Å². The average molecular weight is 426 g/mol. The maximum Gasteiger partial charge on any atom is 0.414 e. The second-order valence-electron chi connectivity index (χ2n) is 7.11. The number of para-hydroxylation sites is 1. The third-order valence-corrected chi connectivity index (χ3v) is 9.09. The molecule has 1 aliphatic carbocycles. The van der Waals surface area contributed by atoms with Gasteiger partial charge in [0.2, 0.25) is 0 Å². The highest BCUT2D eigenvalue weighted by atomic mass is 32.2. The Kier molecular flexibility index (Phi) is 4.40. The summed E-state index contributed by atoms with van der Waals surface area (Å²) in [5.41, 5.74) is 2.81. The van der Waals surface area contributed by atoms with Crippen molar-refractivity contribution < 1.29 is 19.4 Å². The van der Waals surface area contributed by atoms with Crippen LogP contribution in [0.3, 0.4) is 0 Å². The smallest absolute Gasteiger partial charge is 0.414 e. The van der Waals surface area contributed by atoms with E-state index in [1.165, 1.54) is 7.11 Å². The van der Waals surface area contributed by atoms with Crippen LogP contribution < -0.4 is 4.90 Å². The van der Waals surface area contributed by atoms with E-state index >= 15 is 0 Å². The molecule has 2 aromatic rings. The Balaban J connectivity index is 1.87. The van der Waals surface area contributed by atoms with Gasteiger partial charge in [0.1, 0.15) is 15.9 Å². The first-order valence-electron chi connectivity index (χ1n) is 9.42. The van der Waals surface area contributed by atoms with Crippen LogP contribution in [0.5, 0.6) is 0 Å². The van der Waals surface area contributed by atoms with Gasteiger partial charge in [0.15, 0.2) is 5.78 Å². The topological polar surface area (TPSA) is 66.8 Å². The molecule has 0 bridgehead atoms. The van der Waals surface area contributed by atoms with E-state index in [0.717, 1.165) is 23.5 Å². The highest BCUT2D eigenvalue weighted by Crippen LogP contribution is 2.61. The number of anilines is 1. The molecule has 0 saturated carbocycles. The minimum absolute atomic E-state index is 0.0450. The van der Waals surface area contributed by atoms with E-state index in [1.54, 1.807) is 46.6 Å². The lowest BCUT2D eigenvalue weighted by atomic mass is 9.78. The Hall–Kier alpha value is -2.38. The number of amides is 1. The van der Waals surface area contributed by atoms with Gasteiger partial charge in [-0.15, -0.1) is 23.5 Å². The molecular weight excluding hydrogens is 406 g/mol. The van der Waals surface area contributed by atoms with Gasteiger partial charge in [-0.25, -0.2) is 4.79 Å². The van der Waals surface area contributed by atoms with Crippen molar-refractivity contribution >= 4 is 46.8 Å². The van der Waals surface area contributed by atoms with E-state index in [1.807, 2.05) is 30.3 Å². The minimum atomic E-state index is -0.650. The van der Waals surface area contributed by atoms with Crippen molar-refractivity contribution in [2.45, 2.75) is 16.5 Å². The van der Waals surface area contributed by atoms with Crippen LogP contribution in [0.4, 0.5) is 10.5 Å². The van der Waals surface area contributed by atoms with Gasteiger partial charge >= 0.3 is 6.09 Å². The average Bonchev–Trinajstić information content (AvgIpc) is 2.78. The van der Waals surface area contributed by atoms with Crippen LogP contribution in [0.2, 0.25) is 0 Å².